The summed E-state index contributed by atoms with van der Waals surface area (Å²) in [5, 5.41) is 11.1. The molecule has 0 aliphatic heterocycles. The number of nitrogens with zero attached hydrogens (tertiary/aromatic N) is 1. The SMILES string of the molecule is COc1ccc2cc(-c3cc(C(=O)O)c4cccc(C)c4n3)oc2c1. The van der Waals surface area contributed by atoms with Gasteiger partial charge in [-0.05, 0) is 36.8 Å². The zero-order valence-electron chi connectivity index (χ0n) is 13.7. The minimum atomic E-state index is -0.989. The van der Waals surface area contributed by atoms with Crippen molar-refractivity contribution in [1.82, 2.24) is 4.98 Å². The number of aromatic carboxylic acids is 1. The molecule has 0 saturated carbocycles. The molecule has 0 unspecified atom stereocenters. The lowest BCUT2D eigenvalue weighted by molar-refractivity contribution is 0.0699. The molecule has 4 aromatic rings. The largest absolute Gasteiger partial charge is 0.497 e. The molecule has 0 bridgehead atoms. The number of aryl methyl sites for hydroxylation is 1. The standard InChI is InChI=1S/C20H15NO4/c1-11-4-3-5-14-15(20(22)23)10-16(21-19(11)14)18-8-12-6-7-13(24-2)9-17(12)25-18/h3-10H,1-2H3,(H,22,23). The van der Waals surface area contributed by atoms with Crippen LogP contribution in [0.1, 0.15) is 15.9 Å². The third-order valence-corrected chi connectivity index (χ3v) is 4.25. The smallest absolute Gasteiger partial charge is 0.336 e. The lowest BCUT2D eigenvalue weighted by Gasteiger charge is -2.07. The second-order valence-corrected chi connectivity index (χ2v) is 5.85. The number of aromatic nitrogens is 1. The number of pyridine rings is 1. The van der Waals surface area contributed by atoms with Crippen LogP contribution in [0, 0.1) is 6.92 Å². The third kappa shape index (κ3) is 2.50. The van der Waals surface area contributed by atoms with Crippen molar-refractivity contribution in [3.8, 4) is 17.2 Å². The van der Waals surface area contributed by atoms with Gasteiger partial charge in [0.1, 0.15) is 17.0 Å². The number of rotatable bonds is 3. The van der Waals surface area contributed by atoms with E-state index < -0.39 is 5.97 Å². The van der Waals surface area contributed by atoms with E-state index in [1.807, 2.05) is 37.3 Å². The molecule has 25 heavy (non-hydrogen) atoms. The highest BCUT2D eigenvalue weighted by Crippen LogP contribution is 2.32. The van der Waals surface area contributed by atoms with Gasteiger partial charge in [0.2, 0.25) is 0 Å². The molecule has 4 rings (SSSR count). The first-order valence-corrected chi connectivity index (χ1v) is 7.78. The van der Waals surface area contributed by atoms with E-state index in [0.717, 1.165) is 10.9 Å². The predicted molar refractivity (Wildman–Crippen MR) is 95.2 cm³/mol. The maximum atomic E-state index is 11.7. The molecule has 2 aromatic carbocycles. The van der Waals surface area contributed by atoms with E-state index in [0.29, 0.717) is 33.7 Å². The minimum absolute atomic E-state index is 0.210. The summed E-state index contributed by atoms with van der Waals surface area (Å²) in [6.07, 6.45) is 0. The van der Waals surface area contributed by atoms with Crippen LogP contribution in [-0.4, -0.2) is 23.2 Å². The van der Waals surface area contributed by atoms with Gasteiger partial charge in [-0.25, -0.2) is 9.78 Å². The lowest BCUT2D eigenvalue weighted by atomic mass is 10.0. The van der Waals surface area contributed by atoms with Gasteiger partial charge in [-0.2, -0.15) is 0 Å². The van der Waals surface area contributed by atoms with Crippen molar-refractivity contribution < 1.29 is 19.1 Å². The number of furan rings is 1. The van der Waals surface area contributed by atoms with Crippen LogP contribution in [0.5, 0.6) is 5.75 Å². The Kier molecular flexibility index (Phi) is 3.42. The maximum absolute atomic E-state index is 11.7. The number of hydrogen-bond acceptors (Lipinski definition) is 4. The molecule has 124 valence electrons. The summed E-state index contributed by atoms with van der Waals surface area (Å²) in [4.78, 5) is 16.3. The number of carboxylic acids is 1. The van der Waals surface area contributed by atoms with E-state index in [9.17, 15) is 9.90 Å². The van der Waals surface area contributed by atoms with Crippen molar-refractivity contribution in [2.24, 2.45) is 0 Å². The molecule has 5 heteroatoms. The number of methoxy groups -OCH3 is 1. The van der Waals surface area contributed by atoms with Gasteiger partial charge in [0, 0.05) is 16.8 Å². The summed E-state index contributed by atoms with van der Waals surface area (Å²) in [7, 11) is 1.60. The van der Waals surface area contributed by atoms with E-state index in [1.54, 1.807) is 25.3 Å². The zero-order valence-corrected chi connectivity index (χ0v) is 13.7. The fourth-order valence-corrected chi connectivity index (χ4v) is 2.96. The van der Waals surface area contributed by atoms with E-state index in [-0.39, 0.29) is 5.56 Å². The highest BCUT2D eigenvalue weighted by molar-refractivity contribution is 6.04. The van der Waals surface area contributed by atoms with Gasteiger partial charge in [0.25, 0.3) is 0 Å². The average molecular weight is 333 g/mol. The number of para-hydroxylation sites is 1. The van der Waals surface area contributed by atoms with E-state index in [2.05, 4.69) is 4.98 Å². The molecule has 0 aliphatic carbocycles. The second-order valence-electron chi connectivity index (χ2n) is 5.85. The highest BCUT2D eigenvalue weighted by atomic mass is 16.5. The molecule has 0 fully saturated rings. The Labute approximate surface area is 143 Å². The van der Waals surface area contributed by atoms with Crippen molar-refractivity contribution in [3.05, 3.63) is 59.7 Å². The van der Waals surface area contributed by atoms with Crippen LogP contribution >= 0.6 is 0 Å². The Hall–Kier alpha value is -3.34. The fourth-order valence-electron chi connectivity index (χ4n) is 2.96. The highest BCUT2D eigenvalue weighted by Gasteiger charge is 2.16. The molecule has 0 amide bonds. The molecule has 0 aliphatic rings. The zero-order chi connectivity index (χ0) is 17.6. The van der Waals surface area contributed by atoms with Crippen LogP contribution in [0.3, 0.4) is 0 Å². The minimum Gasteiger partial charge on any atom is -0.497 e. The van der Waals surface area contributed by atoms with Gasteiger partial charge in [-0.15, -0.1) is 0 Å². The Balaban J connectivity index is 1.97. The summed E-state index contributed by atoms with van der Waals surface area (Å²) < 4.78 is 11.1. The number of carbonyl (C=O) groups is 1. The molecule has 5 nitrogen and oxygen atoms in total. The Morgan fingerprint density at radius 1 is 1.16 bits per heavy atom. The van der Waals surface area contributed by atoms with Crippen molar-refractivity contribution in [2.45, 2.75) is 6.92 Å². The number of fused-ring (bicyclic) bond motifs is 2. The van der Waals surface area contributed by atoms with Crippen LogP contribution in [0.4, 0.5) is 0 Å². The van der Waals surface area contributed by atoms with Gasteiger partial charge in [0.05, 0.1) is 18.2 Å². The molecule has 0 radical (unpaired) electrons. The first-order valence-electron chi connectivity index (χ1n) is 7.78. The average Bonchev–Trinajstić information content (AvgIpc) is 3.04. The van der Waals surface area contributed by atoms with E-state index in [4.69, 9.17) is 9.15 Å². The monoisotopic (exact) mass is 333 g/mol. The maximum Gasteiger partial charge on any atom is 0.336 e. The molecular formula is C20H15NO4. The third-order valence-electron chi connectivity index (χ3n) is 4.25. The Bertz CT molecular complexity index is 1130. The molecule has 0 saturated heterocycles. The number of ether oxygens (including phenoxy) is 1. The fraction of sp³-hybridized carbons (Fsp3) is 0.100. The number of carboxylic acid groups (broad SMARTS) is 1. The number of benzene rings is 2. The van der Waals surface area contributed by atoms with Crippen LogP contribution in [0.25, 0.3) is 33.3 Å². The molecule has 2 heterocycles. The molecule has 0 atom stereocenters. The van der Waals surface area contributed by atoms with Crippen LogP contribution < -0.4 is 4.74 Å². The molecule has 1 N–H and O–H groups in total. The first kappa shape index (κ1) is 15.2. The van der Waals surface area contributed by atoms with Crippen molar-refractivity contribution >= 4 is 27.8 Å². The summed E-state index contributed by atoms with van der Waals surface area (Å²) in [5.74, 6) is 0.231. The number of hydrogen-bond donors (Lipinski definition) is 1. The molecule has 0 spiro atoms. The van der Waals surface area contributed by atoms with Gasteiger partial charge < -0.3 is 14.3 Å². The molecule has 2 aromatic heterocycles. The van der Waals surface area contributed by atoms with Gasteiger partial charge in [-0.1, -0.05) is 18.2 Å². The van der Waals surface area contributed by atoms with Gasteiger partial charge in [-0.3, -0.25) is 0 Å². The lowest BCUT2D eigenvalue weighted by Crippen LogP contribution is -2.00. The van der Waals surface area contributed by atoms with Crippen molar-refractivity contribution in [2.75, 3.05) is 7.11 Å². The van der Waals surface area contributed by atoms with Gasteiger partial charge >= 0.3 is 5.97 Å². The second kappa shape index (κ2) is 5.63. The summed E-state index contributed by atoms with van der Waals surface area (Å²) >= 11 is 0. The Morgan fingerprint density at radius 2 is 2.00 bits per heavy atom. The van der Waals surface area contributed by atoms with Crippen LogP contribution in [-0.2, 0) is 0 Å². The van der Waals surface area contributed by atoms with E-state index in [1.165, 1.54) is 0 Å². The van der Waals surface area contributed by atoms with Crippen molar-refractivity contribution in [1.29, 1.82) is 0 Å². The Morgan fingerprint density at radius 3 is 2.76 bits per heavy atom. The summed E-state index contributed by atoms with van der Waals surface area (Å²) in [6, 6.07) is 14.5. The summed E-state index contributed by atoms with van der Waals surface area (Å²) in [6.45, 7) is 1.91. The topological polar surface area (TPSA) is 72.6 Å². The predicted octanol–water partition coefficient (Wildman–Crippen LogP) is 4.66. The first-order chi connectivity index (χ1) is 12.1. The van der Waals surface area contributed by atoms with Crippen LogP contribution in [0.2, 0.25) is 0 Å². The molecular weight excluding hydrogens is 318 g/mol. The quantitative estimate of drug-likeness (QED) is 0.590. The van der Waals surface area contributed by atoms with Gasteiger partial charge in [0.15, 0.2) is 5.76 Å². The van der Waals surface area contributed by atoms with Crippen molar-refractivity contribution in [3.63, 3.8) is 0 Å². The van der Waals surface area contributed by atoms with Crippen LogP contribution in [0.15, 0.2) is 52.9 Å². The van der Waals surface area contributed by atoms with E-state index >= 15 is 0 Å². The summed E-state index contributed by atoms with van der Waals surface area (Å²) in [5.41, 5.74) is 2.95. The normalized spacial score (nSPS) is 11.1.